The van der Waals surface area contributed by atoms with Gasteiger partial charge in [0.05, 0.1) is 13.0 Å². The van der Waals surface area contributed by atoms with Crippen molar-refractivity contribution < 1.29 is 29.4 Å². The number of rotatable bonds is 6. The highest BCUT2D eigenvalue weighted by Crippen LogP contribution is 1.92. The van der Waals surface area contributed by atoms with Gasteiger partial charge in [-0.15, -0.1) is 0 Å². The normalized spacial score (nSPS) is 11.3. The predicted octanol–water partition coefficient (Wildman–Crippen LogP) is -1.20. The number of hydrogen-bond acceptors (Lipinski definition) is 4. The molecule has 0 aliphatic heterocycles. The van der Waals surface area contributed by atoms with Crippen LogP contribution in [0.2, 0.25) is 0 Å². The topological polar surface area (TPSA) is 133 Å². The number of carboxylic acids is 2. The maximum Gasteiger partial charge on any atom is 0.326 e. The fourth-order valence-corrected chi connectivity index (χ4v) is 0.789. The fraction of sp³-hybridized carbons (Fsp3) is 0.500. The molecular weight excluding hydrogens is 220 g/mol. The molecule has 0 heterocycles. The van der Waals surface area contributed by atoms with Crippen LogP contribution in [0.25, 0.3) is 0 Å². The highest BCUT2D eigenvalue weighted by atomic mass is 16.4. The van der Waals surface area contributed by atoms with Crippen LogP contribution < -0.4 is 10.6 Å². The van der Waals surface area contributed by atoms with Crippen molar-refractivity contribution in [2.75, 3.05) is 6.54 Å². The first-order valence-electron chi connectivity index (χ1n) is 4.31. The summed E-state index contributed by atoms with van der Waals surface area (Å²) in [5.41, 5.74) is 0. The lowest BCUT2D eigenvalue weighted by molar-refractivity contribution is -0.145. The van der Waals surface area contributed by atoms with Gasteiger partial charge in [-0.1, -0.05) is 0 Å². The molecule has 0 spiro atoms. The lowest BCUT2D eigenvalue weighted by atomic mass is 10.2. The van der Waals surface area contributed by atoms with Crippen molar-refractivity contribution in [3.05, 3.63) is 0 Å². The number of Topliss-reactive ketones (excluding diaryl/α,β-unsaturated/α-hetero) is 1. The number of carbonyl (C=O) groups is 4. The molecule has 1 unspecified atom stereocenters. The number of carboxylic acid groups (broad SMARTS) is 2. The molecule has 0 rings (SSSR count). The van der Waals surface area contributed by atoms with Gasteiger partial charge in [-0.2, -0.15) is 0 Å². The second kappa shape index (κ2) is 6.38. The summed E-state index contributed by atoms with van der Waals surface area (Å²) in [6.07, 6.45) is -0.733. The second-order valence-electron chi connectivity index (χ2n) is 3.02. The van der Waals surface area contributed by atoms with Crippen LogP contribution >= 0.6 is 0 Å². The number of ketones is 1. The predicted molar refractivity (Wildman–Crippen MR) is 50.9 cm³/mol. The Hall–Kier alpha value is -2.12. The Balaban J connectivity index is 4.18. The molecular formula is C8H12N2O6. The van der Waals surface area contributed by atoms with Gasteiger partial charge in [0.2, 0.25) is 0 Å². The van der Waals surface area contributed by atoms with E-state index in [1.807, 2.05) is 5.32 Å². The van der Waals surface area contributed by atoms with Gasteiger partial charge in [-0.25, -0.2) is 9.59 Å². The zero-order chi connectivity index (χ0) is 12.7. The Kier molecular flexibility index (Phi) is 5.53. The molecule has 0 radical (unpaired) electrons. The first-order valence-corrected chi connectivity index (χ1v) is 4.31. The average molecular weight is 232 g/mol. The number of aliphatic carboxylic acids is 2. The van der Waals surface area contributed by atoms with E-state index in [1.165, 1.54) is 6.92 Å². The highest BCUT2D eigenvalue weighted by molar-refractivity contribution is 5.88. The quantitative estimate of drug-likeness (QED) is 0.454. The molecule has 8 nitrogen and oxygen atoms in total. The lowest BCUT2D eigenvalue weighted by Gasteiger charge is -2.12. The second-order valence-corrected chi connectivity index (χ2v) is 3.02. The minimum atomic E-state index is -1.52. The van der Waals surface area contributed by atoms with Crippen molar-refractivity contribution in [1.29, 1.82) is 0 Å². The average Bonchev–Trinajstić information content (AvgIpc) is 2.12. The van der Waals surface area contributed by atoms with Crippen LogP contribution in [0.15, 0.2) is 0 Å². The highest BCUT2D eigenvalue weighted by Gasteiger charge is 2.22. The molecule has 0 saturated heterocycles. The summed E-state index contributed by atoms with van der Waals surface area (Å²) in [4.78, 5) is 42.3. The van der Waals surface area contributed by atoms with E-state index in [0.717, 1.165) is 0 Å². The van der Waals surface area contributed by atoms with Crippen LogP contribution in [0.5, 0.6) is 0 Å². The van der Waals surface area contributed by atoms with Crippen molar-refractivity contribution in [2.45, 2.75) is 19.4 Å². The standard InChI is InChI=1S/C8H12N2O6/c1-4(11)3-9-8(16)10-5(7(14)15)2-6(12)13/h5H,2-3H2,1H3,(H,12,13)(H,14,15)(H2,9,10,16). The first kappa shape index (κ1) is 13.9. The van der Waals surface area contributed by atoms with Crippen molar-refractivity contribution >= 4 is 23.8 Å². The fourth-order valence-electron chi connectivity index (χ4n) is 0.789. The Morgan fingerprint density at radius 3 is 2.12 bits per heavy atom. The Morgan fingerprint density at radius 1 is 1.19 bits per heavy atom. The monoisotopic (exact) mass is 232 g/mol. The molecule has 0 aliphatic rings. The van der Waals surface area contributed by atoms with E-state index in [4.69, 9.17) is 10.2 Å². The zero-order valence-electron chi connectivity index (χ0n) is 8.52. The Labute approximate surface area is 90.6 Å². The van der Waals surface area contributed by atoms with Gasteiger partial charge in [0, 0.05) is 0 Å². The molecule has 16 heavy (non-hydrogen) atoms. The lowest BCUT2D eigenvalue weighted by Crippen LogP contribution is -2.47. The third-order valence-corrected chi connectivity index (χ3v) is 1.48. The molecule has 1 atom stereocenters. The van der Waals surface area contributed by atoms with Crippen LogP contribution in [-0.4, -0.2) is 46.6 Å². The van der Waals surface area contributed by atoms with Gasteiger partial charge in [0.25, 0.3) is 0 Å². The van der Waals surface area contributed by atoms with Crippen molar-refractivity contribution in [3.63, 3.8) is 0 Å². The van der Waals surface area contributed by atoms with Gasteiger partial charge >= 0.3 is 18.0 Å². The van der Waals surface area contributed by atoms with Crippen LogP contribution in [0.3, 0.4) is 0 Å². The number of carbonyl (C=O) groups excluding carboxylic acids is 2. The summed E-state index contributed by atoms with van der Waals surface area (Å²) in [5.74, 6) is -3.11. The van der Waals surface area contributed by atoms with Crippen molar-refractivity contribution in [3.8, 4) is 0 Å². The molecule has 0 bridgehead atoms. The molecule has 90 valence electrons. The van der Waals surface area contributed by atoms with Gasteiger partial charge in [-0.3, -0.25) is 9.59 Å². The van der Waals surface area contributed by atoms with E-state index >= 15 is 0 Å². The third-order valence-electron chi connectivity index (χ3n) is 1.48. The van der Waals surface area contributed by atoms with E-state index in [2.05, 4.69) is 5.32 Å². The maximum atomic E-state index is 11.0. The van der Waals surface area contributed by atoms with Crippen molar-refractivity contribution in [2.24, 2.45) is 0 Å². The van der Waals surface area contributed by atoms with Crippen molar-refractivity contribution in [1.82, 2.24) is 10.6 Å². The summed E-state index contributed by atoms with van der Waals surface area (Å²) in [5, 5.41) is 21.0. The Bertz CT molecular complexity index is 314. The third kappa shape index (κ3) is 6.35. The largest absolute Gasteiger partial charge is 0.481 e. The van der Waals surface area contributed by atoms with E-state index in [1.54, 1.807) is 0 Å². The smallest absolute Gasteiger partial charge is 0.326 e. The van der Waals surface area contributed by atoms with Gasteiger partial charge < -0.3 is 20.8 Å². The first-order chi connectivity index (χ1) is 7.32. The molecule has 2 amide bonds. The van der Waals surface area contributed by atoms with Crippen LogP contribution in [0.4, 0.5) is 4.79 Å². The molecule has 8 heteroatoms. The van der Waals surface area contributed by atoms with E-state index < -0.39 is 30.4 Å². The number of amides is 2. The van der Waals surface area contributed by atoms with E-state index in [9.17, 15) is 19.2 Å². The molecule has 4 N–H and O–H groups in total. The van der Waals surface area contributed by atoms with Crippen LogP contribution in [-0.2, 0) is 14.4 Å². The van der Waals surface area contributed by atoms with Gasteiger partial charge in [0.1, 0.15) is 11.8 Å². The SMILES string of the molecule is CC(=O)CNC(=O)NC(CC(=O)O)C(=O)O. The molecule has 0 aliphatic carbocycles. The van der Waals surface area contributed by atoms with E-state index in [0.29, 0.717) is 0 Å². The molecule has 0 aromatic rings. The molecule has 0 fully saturated rings. The maximum absolute atomic E-state index is 11.0. The minimum Gasteiger partial charge on any atom is -0.481 e. The summed E-state index contributed by atoms with van der Waals surface area (Å²) in [6, 6.07) is -2.42. The molecule has 0 aromatic carbocycles. The zero-order valence-corrected chi connectivity index (χ0v) is 8.52. The number of urea groups is 1. The molecule has 0 saturated carbocycles. The summed E-state index contributed by atoms with van der Waals surface area (Å²) < 4.78 is 0. The summed E-state index contributed by atoms with van der Waals surface area (Å²) in [7, 11) is 0. The van der Waals surface area contributed by atoms with Crippen LogP contribution in [0.1, 0.15) is 13.3 Å². The van der Waals surface area contributed by atoms with Gasteiger partial charge in [0.15, 0.2) is 0 Å². The number of hydrogen-bond donors (Lipinski definition) is 4. The Morgan fingerprint density at radius 2 is 1.75 bits per heavy atom. The van der Waals surface area contributed by atoms with E-state index in [-0.39, 0.29) is 12.3 Å². The van der Waals surface area contributed by atoms with Crippen LogP contribution in [0, 0.1) is 0 Å². The summed E-state index contributed by atoms with van der Waals surface area (Å²) >= 11 is 0. The number of nitrogens with one attached hydrogen (secondary N) is 2. The summed E-state index contributed by atoms with van der Waals surface area (Å²) in [6.45, 7) is 0.997. The minimum absolute atomic E-state index is 0.245. The van der Waals surface area contributed by atoms with Gasteiger partial charge in [-0.05, 0) is 6.92 Å². The molecule has 0 aromatic heterocycles.